The van der Waals surface area contributed by atoms with Crippen LogP contribution in [0.3, 0.4) is 0 Å². The van der Waals surface area contributed by atoms with Crippen molar-refractivity contribution < 1.29 is 13.9 Å². The first-order valence-electron chi connectivity index (χ1n) is 14.4. The van der Waals surface area contributed by atoms with E-state index in [1.165, 1.54) is 76.0 Å². The molecule has 7 heteroatoms. The number of nitrogens with zero attached hydrogens (tertiary/aromatic N) is 1. The quantitative estimate of drug-likeness (QED) is 0.168. The Kier molecular flexibility index (Phi) is 16.3. The molecule has 216 valence electrons. The Labute approximate surface area is 249 Å². The Bertz CT molecular complexity index is 1030. The van der Waals surface area contributed by atoms with Crippen molar-refractivity contribution in [3.63, 3.8) is 0 Å². The Morgan fingerprint density at radius 3 is 2.23 bits per heavy atom. The minimum absolute atomic E-state index is 0. The van der Waals surface area contributed by atoms with E-state index in [1.807, 2.05) is 18.2 Å². The van der Waals surface area contributed by atoms with Crippen LogP contribution in [-0.4, -0.2) is 23.3 Å². The zero-order valence-electron chi connectivity index (χ0n) is 23.7. The van der Waals surface area contributed by atoms with Crippen molar-refractivity contribution in [3.05, 3.63) is 70.5 Å². The van der Waals surface area contributed by atoms with E-state index in [4.69, 9.17) is 4.74 Å². The zero-order chi connectivity index (χ0) is 27.0. The number of allylic oxidation sites excluding steroid dienone is 1. The number of halogens is 2. The first kappa shape index (κ1) is 33.2. The molecule has 0 atom stereocenters. The van der Waals surface area contributed by atoms with Gasteiger partial charge < -0.3 is 15.0 Å². The molecule has 1 heterocycles. The van der Waals surface area contributed by atoms with Gasteiger partial charge in [-0.05, 0) is 48.6 Å². The van der Waals surface area contributed by atoms with E-state index < -0.39 is 5.82 Å². The van der Waals surface area contributed by atoms with Gasteiger partial charge in [0.25, 0.3) is 5.91 Å². The lowest BCUT2D eigenvalue weighted by molar-refractivity contribution is 0.102. The zero-order valence-corrected chi connectivity index (χ0v) is 26.2. The number of hydrogen-bond donors (Lipinski definition) is 1. The molecule has 0 saturated heterocycles. The number of unbranched alkanes of at least 4 members (excludes halogenated alkanes) is 11. The lowest BCUT2D eigenvalue weighted by Crippen LogP contribution is -2.17. The second-order valence-electron chi connectivity index (χ2n) is 10.3. The molecule has 0 fully saturated rings. The maximum atomic E-state index is 14.6. The van der Waals surface area contributed by atoms with Gasteiger partial charge in [-0.3, -0.25) is 4.79 Å². The number of amides is 1. The SMILES string of the molecule is Br.CCCCCCCCCCCCCCOc1ccc(NC(=O)c2cccc(CN3CSC=C3C)c2)cc1F. The van der Waals surface area contributed by atoms with Crippen molar-refractivity contribution in [2.75, 3.05) is 17.8 Å². The average molecular weight is 622 g/mol. The fraction of sp³-hybridized carbons (Fsp3) is 0.531. The van der Waals surface area contributed by atoms with E-state index in [-0.39, 0.29) is 28.6 Å². The standard InChI is InChI=1S/C32H45FN2O2S.BrH/c1-3-4-5-6-7-8-9-10-11-12-13-14-20-37-31-19-18-29(22-30(31)33)34-32(36)28-17-15-16-27(21-28)23-35-25-38-24-26(35)2;/h15-19,21-22,24H,3-14,20,23,25H2,1-2H3,(H,34,36);1H. The predicted octanol–water partition coefficient (Wildman–Crippen LogP) is 10.1. The van der Waals surface area contributed by atoms with E-state index in [2.05, 4.69) is 29.5 Å². The van der Waals surface area contributed by atoms with Gasteiger partial charge in [-0.25, -0.2) is 4.39 Å². The van der Waals surface area contributed by atoms with Crippen LogP contribution in [-0.2, 0) is 6.54 Å². The minimum Gasteiger partial charge on any atom is -0.491 e. The van der Waals surface area contributed by atoms with Crippen LogP contribution in [0, 0.1) is 5.82 Å². The summed E-state index contributed by atoms with van der Waals surface area (Å²) in [7, 11) is 0. The summed E-state index contributed by atoms with van der Waals surface area (Å²) in [6.07, 6.45) is 15.4. The molecule has 1 amide bonds. The number of rotatable bonds is 18. The van der Waals surface area contributed by atoms with Crippen LogP contribution in [0.1, 0.15) is 107 Å². The van der Waals surface area contributed by atoms with Gasteiger partial charge in [0.2, 0.25) is 0 Å². The molecule has 4 nitrogen and oxygen atoms in total. The number of thioether (sulfide) groups is 1. The Morgan fingerprint density at radius 2 is 1.62 bits per heavy atom. The summed E-state index contributed by atoms with van der Waals surface area (Å²) in [5, 5.41) is 4.96. The van der Waals surface area contributed by atoms with Crippen LogP contribution in [0.25, 0.3) is 0 Å². The maximum Gasteiger partial charge on any atom is 0.255 e. The molecule has 0 spiro atoms. The Balaban J connectivity index is 0.00000533. The Hall–Kier alpha value is -1.99. The molecule has 0 radical (unpaired) electrons. The second kappa shape index (κ2) is 19.1. The Morgan fingerprint density at radius 1 is 0.949 bits per heavy atom. The summed E-state index contributed by atoms with van der Waals surface area (Å²) in [5.74, 6) is 0.457. The molecule has 39 heavy (non-hydrogen) atoms. The fourth-order valence-corrected chi connectivity index (χ4v) is 5.59. The summed E-state index contributed by atoms with van der Waals surface area (Å²) in [5.41, 5.74) is 3.29. The van der Waals surface area contributed by atoms with Gasteiger partial charge in [-0.2, -0.15) is 0 Å². The first-order valence-corrected chi connectivity index (χ1v) is 15.5. The van der Waals surface area contributed by atoms with Crippen LogP contribution in [0.5, 0.6) is 5.75 Å². The molecule has 2 aromatic rings. The largest absolute Gasteiger partial charge is 0.491 e. The number of carbonyl (C=O) groups is 1. The van der Waals surface area contributed by atoms with Crippen molar-refractivity contribution in [3.8, 4) is 5.75 Å². The third-order valence-corrected chi connectivity index (χ3v) is 7.96. The topological polar surface area (TPSA) is 41.6 Å². The van der Waals surface area contributed by atoms with Crippen LogP contribution in [0.2, 0.25) is 0 Å². The maximum absolute atomic E-state index is 14.6. The third-order valence-electron chi connectivity index (χ3n) is 6.99. The average Bonchev–Trinajstić information content (AvgIpc) is 3.32. The molecule has 0 aliphatic carbocycles. The number of benzene rings is 2. The van der Waals surface area contributed by atoms with E-state index in [0.29, 0.717) is 17.9 Å². The summed E-state index contributed by atoms with van der Waals surface area (Å²) >= 11 is 1.78. The van der Waals surface area contributed by atoms with Gasteiger partial charge in [-0.15, -0.1) is 28.7 Å². The monoisotopic (exact) mass is 620 g/mol. The van der Waals surface area contributed by atoms with E-state index in [0.717, 1.165) is 30.8 Å². The van der Waals surface area contributed by atoms with Gasteiger partial charge >= 0.3 is 0 Å². The highest BCUT2D eigenvalue weighted by atomic mass is 79.9. The molecular weight excluding hydrogens is 575 g/mol. The number of ether oxygens (including phenoxy) is 1. The van der Waals surface area contributed by atoms with Crippen molar-refractivity contribution in [2.45, 2.75) is 97.4 Å². The molecule has 3 rings (SSSR count). The summed E-state index contributed by atoms with van der Waals surface area (Å²) in [6, 6.07) is 12.2. The summed E-state index contributed by atoms with van der Waals surface area (Å²) < 4.78 is 20.3. The molecule has 0 aromatic heterocycles. The normalized spacial score (nSPS) is 12.7. The van der Waals surface area contributed by atoms with Gasteiger partial charge in [-0.1, -0.05) is 89.7 Å². The van der Waals surface area contributed by atoms with Crippen molar-refractivity contribution in [1.82, 2.24) is 4.90 Å². The lowest BCUT2D eigenvalue weighted by atomic mass is 10.1. The predicted molar refractivity (Wildman–Crippen MR) is 169 cm³/mol. The van der Waals surface area contributed by atoms with Crippen molar-refractivity contribution in [1.29, 1.82) is 0 Å². The molecule has 0 unspecified atom stereocenters. The highest BCUT2D eigenvalue weighted by Crippen LogP contribution is 2.25. The number of carbonyl (C=O) groups excluding carboxylic acids is 1. The van der Waals surface area contributed by atoms with Crippen LogP contribution >= 0.6 is 28.7 Å². The second-order valence-corrected chi connectivity index (χ2v) is 11.1. The first-order chi connectivity index (χ1) is 18.6. The van der Waals surface area contributed by atoms with Crippen LogP contribution in [0.4, 0.5) is 10.1 Å². The van der Waals surface area contributed by atoms with E-state index >= 15 is 0 Å². The van der Waals surface area contributed by atoms with Crippen molar-refractivity contribution in [2.24, 2.45) is 0 Å². The highest BCUT2D eigenvalue weighted by Gasteiger charge is 2.14. The minimum atomic E-state index is -0.454. The van der Waals surface area contributed by atoms with Gasteiger partial charge in [0.15, 0.2) is 11.6 Å². The number of anilines is 1. The van der Waals surface area contributed by atoms with Crippen LogP contribution < -0.4 is 10.1 Å². The van der Waals surface area contributed by atoms with Gasteiger partial charge in [0, 0.05) is 29.6 Å². The highest BCUT2D eigenvalue weighted by molar-refractivity contribution is 8.93. The van der Waals surface area contributed by atoms with E-state index in [9.17, 15) is 9.18 Å². The molecular formula is C32H46BrFN2O2S. The van der Waals surface area contributed by atoms with Crippen LogP contribution in [0.15, 0.2) is 53.6 Å². The summed E-state index contributed by atoms with van der Waals surface area (Å²) in [6.45, 7) is 5.62. The summed E-state index contributed by atoms with van der Waals surface area (Å²) in [4.78, 5) is 15.0. The van der Waals surface area contributed by atoms with E-state index in [1.54, 1.807) is 30.0 Å². The van der Waals surface area contributed by atoms with Crippen molar-refractivity contribution >= 4 is 40.3 Å². The number of nitrogens with one attached hydrogen (secondary N) is 1. The molecule has 0 bridgehead atoms. The molecule has 1 aliphatic heterocycles. The smallest absolute Gasteiger partial charge is 0.255 e. The van der Waals surface area contributed by atoms with Gasteiger partial charge in [0.05, 0.1) is 12.5 Å². The lowest BCUT2D eigenvalue weighted by Gasteiger charge is -2.19. The fourth-order valence-electron chi connectivity index (χ4n) is 4.65. The molecule has 2 aromatic carbocycles. The third kappa shape index (κ3) is 12.4. The molecule has 1 aliphatic rings. The molecule has 0 saturated carbocycles. The number of hydrogen-bond acceptors (Lipinski definition) is 4. The molecule has 1 N–H and O–H groups in total. The van der Waals surface area contributed by atoms with Gasteiger partial charge in [0.1, 0.15) is 0 Å².